The number of nitrogens with one attached hydrogen (secondary N) is 2. The van der Waals surface area contributed by atoms with Crippen molar-refractivity contribution in [2.24, 2.45) is 0 Å². The Morgan fingerprint density at radius 3 is 2.44 bits per heavy atom. The predicted octanol–water partition coefficient (Wildman–Crippen LogP) is 4.68. The van der Waals surface area contributed by atoms with Crippen molar-refractivity contribution < 1.29 is 13.6 Å². The SMILES string of the molecule is Cc1ccc(C)c(Nc2nc(C)cc(C(=O)Nc3ccc(F)cc3F)n2)c1. The molecule has 1 amide bonds. The van der Waals surface area contributed by atoms with E-state index in [-0.39, 0.29) is 17.3 Å². The number of benzene rings is 2. The minimum atomic E-state index is -0.858. The first-order valence-electron chi connectivity index (χ1n) is 8.28. The van der Waals surface area contributed by atoms with Gasteiger partial charge < -0.3 is 10.6 Å². The van der Waals surface area contributed by atoms with Crippen LogP contribution in [0.1, 0.15) is 27.3 Å². The number of anilines is 3. The molecule has 0 spiro atoms. The zero-order chi connectivity index (χ0) is 19.6. The summed E-state index contributed by atoms with van der Waals surface area (Å²) in [5, 5.41) is 5.50. The summed E-state index contributed by atoms with van der Waals surface area (Å²) in [5.41, 5.74) is 3.42. The second-order valence-electron chi connectivity index (χ2n) is 6.24. The van der Waals surface area contributed by atoms with E-state index in [1.54, 1.807) is 6.92 Å². The molecule has 138 valence electrons. The van der Waals surface area contributed by atoms with Crippen LogP contribution < -0.4 is 10.6 Å². The van der Waals surface area contributed by atoms with Gasteiger partial charge in [-0.15, -0.1) is 0 Å². The highest BCUT2D eigenvalue weighted by molar-refractivity contribution is 6.03. The molecule has 1 heterocycles. The molecule has 0 saturated heterocycles. The Labute approximate surface area is 155 Å². The number of nitrogens with zero attached hydrogens (tertiary/aromatic N) is 2. The Hall–Kier alpha value is -3.35. The molecule has 7 heteroatoms. The van der Waals surface area contributed by atoms with Crippen molar-refractivity contribution in [2.45, 2.75) is 20.8 Å². The number of hydrogen-bond donors (Lipinski definition) is 2. The van der Waals surface area contributed by atoms with E-state index in [0.29, 0.717) is 11.8 Å². The summed E-state index contributed by atoms with van der Waals surface area (Å²) >= 11 is 0. The van der Waals surface area contributed by atoms with Gasteiger partial charge in [0, 0.05) is 17.4 Å². The van der Waals surface area contributed by atoms with Gasteiger partial charge in [0.25, 0.3) is 5.91 Å². The average molecular weight is 368 g/mol. The molecule has 0 unspecified atom stereocenters. The van der Waals surface area contributed by atoms with Gasteiger partial charge in [-0.3, -0.25) is 4.79 Å². The van der Waals surface area contributed by atoms with E-state index in [2.05, 4.69) is 20.6 Å². The van der Waals surface area contributed by atoms with Gasteiger partial charge in [-0.25, -0.2) is 18.7 Å². The smallest absolute Gasteiger partial charge is 0.274 e. The van der Waals surface area contributed by atoms with E-state index >= 15 is 0 Å². The Kier molecular flexibility index (Phi) is 5.12. The highest BCUT2D eigenvalue weighted by atomic mass is 19.1. The molecule has 0 aliphatic heterocycles. The molecule has 3 aromatic rings. The molecule has 27 heavy (non-hydrogen) atoms. The van der Waals surface area contributed by atoms with Crippen LogP contribution in [0.15, 0.2) is 42.5 Å². The number of hydrogen-bond acceptors (Lipinski definition) is 4. The zero-order valence-corrected chi connectivity index (χ0v) is 15.1. The Morgan fingerprint density at radius 1 is 0.926 bits per heavy atom. The molecule has 0 radical (unpaired) electrons. The lowest BCUT2D eigenvalue weighted by molar-refractivity contribution is 0.102. The summed E-state index contributed by atoms with van der Waals surface area (Å²) in [7, 11) is 0. The molecule has 1 aromatic heterocycles. The van der Waals surface area contributed by atoms with Crippen LogP contribution in [-0.4, -0.2) is 15.9 Å². The number of aryl methyl sites for hydroxylation is 3. The zero-order valence-electron chi connectivity index (χ0n) is 15.1. The molecule has 2 aromatic carbocycles. The van der Waals surface area contributed by atoms with E-state index in [9.17, 15) is 13.6 Å². The van der Waals surface area contributed by atoms with E-state index < -0.39 is 17.5 Å². The fourth-order valence-electron chi connectivity index (χ4n) is 2.51. The van der Waals surface area contributed by atoms with Gasteiger partial charge in [-0.05, 0) is 56.2 Å². The van der Waals surface area contributed by atoms with Gasteiger partial charge in [0.1, 0.15) is 17.3 Å². The molecule has 0 aliphatic carbocycles. The van der Waals surface area contributed by atoms with Crippen LogP contribution in [0.25, 0.3) is 0 Å². The van der Waals surface area contributed by atoms with Crippen molar-refractivity contribution in [1.82, 2.24) is 9.97 Å². The lowest BCUT2D eigenvalue weighted by atomic mass is 10.1. The fraction of sp³-hybridized carbons (Fsp3) is 0.150. The van der Waals surface area contributed by atoms with Gasteiger partial charge in [0.05, 0.1) is 5.69 Å². The highest BCUT2D eigenvalue weighted by Gasteiger charge is 2.14. The van der Waals surface area contributed by atoms with Gasteiger partial charge in [0.2, 0.25) is 5.95 Å². The molecule has 5 nitrogen and oxygen atoms in total. The second kappa shape index (κ2) is 7.49. The van der Waals surface area contributed by atoms with Crippen LogP contribution in [0, 0.1) is 32.4 Å². The molecule has 0 saturated carbocycles. The third kappa shape index (κ3) is 4.44. The molecule has 0 atom stereocenters. The summed E-state index contributed by atoms with van der Waals surface area (Å²) in [6, 6.07) is 10.3. The lowest BCUT2D eigenvalue weighted by Crippen LogP contribution is -2.16. The Balaban J connectivity index is 1.86. The third-order valence-electron chi connectivity index (χ3n) is 3.91. The Bertz CT molecular complexity index is 1020. The summed E-state index contributed by atoms with van der Waals surface area (Å²) in [6.07, 6.45) is 0. The predicted molar refractivity (Wildman–Crippen MR) is 100 cm³/mol. The molecule has 0 fully saturated rings. The number of halogens is 2. The normalized spacial score (nSPS) is 10.6. The number of carbonyl (C=O) groups excluding carboxylic acids is 1. The second-order valence-corrected chi connectivity index (χ2v) is 6.24. The highest BCUT2D eigenvalue weighted by Crippen LogP contribution is 2.21. The minimum absolute atomic E-state index is 0.0685. The lowest BCUT2D eigenvalue weighted by Gasteiger charge is -2.11. The van der Waals surface area contributed by atoms with Crippen LogP contribution in [0.4, 0.5) is 26.1 Å². The summed E-state index contributed by atoms with van der Waals surface area (Å²) in [4.78, 5) is 20.9. The molecular formula is C20H18F2N4O. The first-order chi connectivity index (χ1) is 12.8. The largest absolute Gasteiger partial charge is 0.324 e. The maximum atomic E-state index is 13.8. The van der Waals surface area contributed by atoms with Crippen molar-refractivity contribution >= 4 is 23.2 Å². The fourth-order valence-corrected chi connectivity index (χ4v) is 2.51. The summed E-state index contributed by atoms with van der Waals surface area (Å²) in [5.74, 6) is -1.94. The van der Waals surface area contributed by atoms with Crippen LogP contribution >= 0.6 is 0 Å². The quantitative estimate of drug-likeness (QED) is 0.702. The standard InChI is InChI=1S/C20H18F2N4O/c1-11-4-5-12(2)17(8-11)25-20-23-13(3)9-18(26-20)19(27)24-16-7-6-14(21)10-15(16)22/h4-10H,1-3H3,(H,24,27)(H,23,25,26). The number of carbonyl (C=O) groups is 1. The van der Waals surface area contributed by atoms with E-state index in [1.165, 1.54) is 6.07 Å². The van der Waals surface area contributed by atoms with Crippen LogP contribution in [0.3, 0.4) is 0 Å². The molecule has 3 rings (SSSR count). The van der Waals surface area contributed by atoms with Crippen LogP contribution in [-0.2, 0) is 0 Å². The minimum Gasteiger partial charge on any atom is -0.324 e. The maximum absolute atomic E-state index is 13.8. The number of aromatic nitrogens is 2. The monoisotopic (exact) mass is 368 g/mol. The summed E-state index contributed by atoms with van der Waals surface area (Å²) < 4.78 is 26.8. The van der Waals surface area contributed by atoms with E-state index in [0.717, 1.165) is 28.9 Å². The first-order valence-corrected chi connectivity index (χ1v) is 8.28. The van der Waals surface area contributed by atoms with E-state index in [4.69, 9.17) is 0 Å². The molecule has 0 aliphatic rings. The molecular weight excluding hydrogens is 350 g/mol. The van der Waals surface area contributed by atoms with E-state index in [1.807, 2.05) is 32.0 Å². The van der Waals surface area contributed by atoms with Gasteiger partial charge in [-0.1, -0.05) is 12.1 Å². The molecule has 2 N–H and O–H groups in total. The average Bonchev–Trinajstić information content (AvgIpc) is 2.60. The van der Waals surface area contributed by atoms with Crippen LogP contribution in [0.5, 0.6) is 0 Å². The van der Waals surface area contributed by atoms with Gasteiger partial charge in [0.15, 0.2) is 0 Å². The number of amides is 1. The van der Waals surface area contributed by atoms with Crippen molar-refractivity contribution in [3.8, 4) is 0 Å². The van der Waals surface area contributed by atoms with Gasteiger partial charge in [-0.2, -0.15) is 0 Å². The molecule has 0 bridgehead atoms. The summed E-state index contributed by atoms with van der Waals surface area (Å²) in [6.45, 7) is 5.64. The van der Waals surface area contributed by atoms with Crippen molar-refractivity contribution in [3.63, 3.8) is 0 Å². The topological polar surface area (TPSA) is 66.9 Å². The van der Waals surface area contributed by atoms with Gasteiger partial charge >= 0.3 is 0 Å². The maximum Gasteiger partial charge on any atom is 0.274 e. The van der Waals surface area contributed by atoms with Crippen LogP contribution in [0.2, 0.25) is 0 Å². The van der Waals surface area contributed by atoms with Crippen molar-refractivity contribution in [3.05, 3.63) is 76.6 Å². The van der Waals surface area contributed by atoms with Crippen molar-refractivity contribution in [2.75, 3.05) is 10.6 Å². The van der Waals surface area contributed by atoms with Crippen molar-refractivity contribution in [1.29, 1.82) is 0 Å². The number of rotatable bonds is 4. The first kappa shape index (κ1) is 18.4. The third-order valence-corrected chi connectivity index (χ3v) is 3.91. The Morgan fingerprint density at radius 2 is 1.70 bits per heavy atom.